The normalized spacial score (nSPS) is 19.7. The molecule has 2 aliphatic rings. The standard InChI is InChI=1S/C33H53N7O4/c1-32(2,34-5)15-17-36-30(41)24-9-7-23(8-10-24)21-40-29-14-12-26-25(11-13-28(29)38-39-40)27(26)22-44-31(42)37-18-20-43-19-16-33(3,4)35-6/h7-10,25-27,34-35H,11-22H2,1-6H3,(H,36,41)(H,37,42)/t25-,26+,27-/m0/s1. The summed E-state index contributed by atoms with van der Waals surface area (Å²) in [6.45, 7) is 11.8. The highest BCUT2D eigenvalue weighted by Gasteiger charge is 2.50. The van der Waals surface area contributed by atoms with E-state index < -0.39 is 0 Å². The second kappa shape index (κ2) is 15.3. The molecule has 4 rings (SSSR count). The topological polar surface area (TPSA) is 131 Å². The SMILES string of the molecule is CNC(C)(C)CCNC(=O)c1ccc(Cn2nnc3c2CC[C@@H]2[C@H](CC3)[C@@H]2COC(=O)NCCOCCC(C)(C)NC)cc1. The lowest BCUT2D eigenvalue weighted by molar-refractivity contribution is 0.0950. The van der Waals surface area contributed by atoms with Gasteiger partial charge in [0.15, 0.2) is 0 Å². The number of alkyl carbamates (subject to hydrolysis) is 1. The van der Waals surface area contributed by atoms with E-state index in [1.54, 1.807) is 0 Å². The van der Waals surface area contributed by atoms with Gasteiger partial charge in [0, 0.05) is 36.3 Å². The summed E-state index contributed by atoms with van der Waals surface area (Å²) in [7, 11) is 3.88. The molecule has 44 heavy (non-hydrogen) atoms. The van der Waals surface area contributed by atoms with Gasteiger partial charge in [0.25, 0.3) is 5.91 Å². The first-order valence-electron chi connectivity index (χ1n) is 16.2. The first kappa shape index (κ1) is 33.9. The number of amides is 2. The molecule has 4 N–H and O–H groups in total. The number of carbonyl (C=O) groups excluding carboxylic acids is 2. The Bertz CT molecular complexity index is 1230. The van der Waals surface area contributed by atoms with Crippen LogP contribution in [-0.4, -0.2) is 85.1 Å². The van der Waals surface area contributed by atoms with E-state index in [2.05, 4.69) is 59.3 Å². The van der Waals surface area contributed by atoms with E-state index in [4.69, 9.17) is 9.47 Å². The summed E-state index contributed by atoms with van der Waals surface area (Å²) in [5.74, 6) is 1.49. The molecule has 3 atom stereocenters. The van der Waals surface area contributed by atoms with Crippen LogP contribution in [0.2, 0.25) is 0 Å². The van der Waals surface area contributed by atoms with Crippen LogP contribution in [0.4, 0.5) is 4.79 Å². The first-order chi connectivity index (χ1) is 21.0. The molecule has 0 bridgehead atoms. The van der Waals surface area contributed by atoms with Gasteiger partial charge < -0.3 is 30.7 Å². The minimum Gasteiger partial charge on any atom is -0.449 e. The molecule has 2 aromatic rings. The second-order valence-corrected chi connectivity index (χ2v) is 13.6. The molecule has 1 aromatic carbocycles. The maximum absolute atomic E-state index is 12.6. The fourth-order valence-corrected chi connectivity index (χ4v) is 5.85. The molecule has 0 unspecified atom stereocenters. The maximum atomic E-state index is 12.6. The molecule has 11 heteroatoms. The molecule has 11 nitrogen and oxygen atoms in total. The largest absolute Gasteiger partial charge is 0.449 e. The van der Waals surface area contributed by atoms with Crippen LogP contribution in [0, 0.1) is 17.8 Å². The maximum Gasteiger partial charge on any atom is 0.407 e. The number of hydrogen-bond acceptors (Lipinski definition) is 8. The Hall–Kier alpha value is -3.02. The van der Waals surface area contributed by atoms with E-state index in [-0.39, 0.29) is 23.1 Å². The van der Waals surface area contributed by atoms with E-state index in [1.807, 2.05) is 43.0 Å². The van der Waals surface area contributed by atoms with E-state index in [0.29, 0.717) is 62.8 Å². The number of nitrogens with one attached hydrogen (secondary N) is 4. The number of carbonyl (C=O) groups is 2. The lowest BCUT2D eigenvalue weighted by Crippen LogP contribution is -2.40. The molecule has 2 amide bonds. The molecular formula is C33H53N7O4. The monoisotopic (exact) mass is 611 g/mol. The molecule has 0 saturated heterocycles. The Morgan fingerprint density at radius 2 is 1.59 bits per heavy atom. The van der Waals surface area contributed by atoms with Crippen molar-refractivity contribution in [3.05, 3.63) is 46.8 Å². The number of ether oxygens (including phenoxy) is 2. The first-order valence-corrected chi connectivity index (χ1v) is 16.2. The van der Waals surface area contributed by atoms with Gasteiger partial charge in [0.1, 0.15) is 0 Å². The zero-order valence-electron chi connectivity index (χ0n) is 27.5. The lowest BCUT2D eigenvalue weighted by atomic mass is 10.0. The molecule has 0 spiro atoms. The van der Waals surface area contributed by atoms with Crippen molar-refractivity contribution < 1.29 is 19.1 Å². The summed E-state index contributed by atoms with van der Waals surface area (Å²) in [5, 5.41) is 21.3. The molecule has 244 valence electrons. The summed E-state index contributed by atoms with van der Waals surface area (Å²) in [4.78, 5) is 24.8. The van der Waals surface area contributed by atoms with Gasteiger partial charge in [0.05, 0.1) is 31.1 Å². The van der Waals surface area contributed by atoms with Crippen molar-refractivity contribution in [3.8, 4) is 0 Å². The highest BCUT2D eigenvalue weighted by molar-refractivity contribution is 5.94. The molecule has 2 aliphatic carbocycles. The van der Waals surface area contributed by atoms with Gasteiger partial charge in [-0.25, -0.2) is 9.48 Å². The summed E-state index contributed by atoms with van der Waals surface area (Å²) < 4.78 is 13.2. The van der Waals surface area contributed by atoms with Crippen molar-refractivity contribution in [2.45, 2.75) is 83.8 Å². The van der Waals surface area contributed by atoms with Gasteiger partial charge in [-0.15, -0.1) is 5.10 Å². The molecule has 1 heterocycles. The average Bonchev–Trinajstić information content (AvgIpc) is 3.52. The van der Waals surface area contributed by atoms with Crippen LogP contribution in [0.3, 0.4) is 0 Å². The van der Waals surface area contributed by atoms with Gasteiger partial charge in [-0.3, -0.25) is 4.79 Å². The predicted octanol–water partition coefficient (Wildman–Crippen LogP) is 3.32. The number of aryl methyl sites for hydroxylation is 1. The summed E-state index contributed by atoms with van der Waals surface area (Å²) >= 11 is 0. The van der Waals surface area contributed by atoms with E-state index >= 15 is 0 Å². The third-order valence-electron chi connectivity index (χ3n) is 9.59. The average molecular weight is 612 g/mol. The van der Waals surface area contributed by atoms with Crippen LogP contribution >= 0.6 is 0 Å². The highest BCUT2D eigenvalue weighted by atomic mass is 16.5. The zero-order chi connectivity index (χ0) is 31.7. The van der Waals surface area contributed by atoms with Crippen LogP contribution in [0.1, 0.15) is 80.7 Å². The minimum absolute atomic E-state index is 0.0165. The quantitative estimate of drug-likeness (QED) is 0.213. The Kier molecular flexibility index (Phi) is 11.8. The minimum atomic E-state index is -0.370. The fourth-order valence-electron chi connectivity index (χ4n) is 5.85. The Morgan fingerprint density at radius 3 is 2.30 bits per heavy atom. The number of benzene rings is 1. The summed E-state index contributed by atoms with van der Waals surface area (Å²) in [6.07, 6.45) is 5.27. The molecule has 0 aliphatic heterocycles. The number of aromatic nitrogens is 3. The van der Waals surface area contributed by atoms with Crippen LogP contribution < -0.4 is 21.3 Å². The van der Waals surface area contributed by atoms with Gasteiger partial charge in [-0.1, -0.05) is 17.3 Å². The fraction of sp³-hybridized carbons (Fsp3) is 0.697. The number of nitrogens with zero attached hydrogens (tertiary/aromatic N) is 3. The zero-order valence-corrected chi connectivity index (χ0v) is 27.5. The van der Waals surface area contributed by atoms with Crippen molar-refractivity contribution in [2.24, 2.45) is 17.8 Å². The molecule has 0 radical (unpaired) electrons. The molecule has 1 saturated carbocycles. The van der Waals surface area contributed by atoms with Gasteiger partial charge in [-0.2, -0.15) is 0 Å². The van der Waals surface area contributed by atoms with Crippen molar-refractivity contribution in [3.63, 3.8) is 0 Å². The van der Waals surface area contributed by atoms with Crippen molar-refractivity contribution in [1.82, 2.24) is 36.3 Å². The van der Waals surface area contributed by atoms with Crippen molar-refractivity contribution >= 4 is 12.0 Å². The van der Waals surface area contributed by atoms with Crippen LogP contribution in [0.5, 0.6) is 0 Å². The third-order valence-corrected chi connectivity index (χ3v) is 9.59. The van der Waals surface area contributed by atoms with Crippen LogP contribution in [0.15, 0.2) is 24.3 Å². The van der Waals surface area contributed by atoms with Crippen LogP contribution in [-0.2, 0) is 28.9 Å². The summed E-state index contributed by atoms with van der Waals surface area (Å²) in [5.41, 5.74) is 4.04. The number of hydrogen-bond donors (Lipinski definition) is 4. The van der Waals surface area contributed by atoms with Crippen LogP contribution in [0.25, 0.3) is 0 Å². The van der Waals surface area contributed by atoms with Gasteiger partial charge >= 0.3 is 6.09 Å². The summed E-state index contributed by atoms with van der Waals surface area (Å²) in [6, 6.07) is 7.75. The van der Waals surface area contributed by atoms with E-state index in [9.17, 15) is 9.59 Å². The predicted molar refractivity (Wildman–Crippen MR) is 171 cm³/mol. The molecular weight excluding hydrogens is 558 g/mol. The van der Waals surface area contributed by atoms with Crippen molar-refractivity contribution in [2.75, 3.05) is 47.0 Å². The van der Waals surface area contributed by atoms with Crippen molar-refractivity contribution in [1.29, 1.82) is 0 Å². The number of rotatable bonds is 16. The second-order valence-electron chi connectivity index (χ2n) is 13.6. The Morgan fingerprint density at radius 1 is 0.909 bits per heavy atom. The van der Waals surface area contributed by atoms with Gasteiger partial charge in [-0.05, 0) is 116 Å². The lowest BCUT2D eigenvalue weighted by Gasteiger charge is -2.23. The smallest absolute Gasteiger partial charge is 0.407 e. The van der Waals surface area contributed by atoms with E-state index in [1.165, 1.54) is 5.69 Å². The Labute approximate surface area is 262 Å². The number of fused-ring (bicyclic) bond motifs is 2. The van der Waals surface area contributed by atoms with Gasteiger partial charge in [0.2, 0.25) is 0 Å². The van der Waals surface area contributed by atoms with E-state index in [0.717, 1.165) is 49.8 Å². The third kappa shape index (κ3) is 9.74. The highest BCUT2D eigenvalue weighted by Crippen LogP contribution is 2.52. The molecule has 1 fully saturated rings. The Balaban J connectivity index is 1.17. The molecule has 1 aromatic heterocycles.